The fourth-order valence-electron chi connectivity index (χ4n) is 2.54. The average Bonchev–Trinajstić information content (AvgIpc) is 3.12. The van der Waals surface area contributed by atoms with E-state index >= 15 is 0 Å². The minimum Gasteiger partial charge on any atom is -0.497 e. The highest BCUT2D eigenvalue weighted by atomic mass is 16.5. The molecule has 1 saturated carbocycles. The molecule has 86 valence electrons. The van der Waals surface area contributed by atoms with Gasteiger partial charge in [0, 0.05) is 25.2 Å². The van der Waals surface area contributed by atoms with Crippen molar-refractivity contribution in [3.8, 4) is 5.75 Å². The lowest BCUT2D eigenvalue weighted by molar-refractivity contribution is 0.221. The van der Waals surface area contributed by atoms with Gasteiger partial charge in [0.25, 0.3) is 0 Å². The maximum absolute atomic E-state index is 6.23. The van der Waals surface area contributed by atoms with E-state index in [1.165, 1.54) is 24.0 Å². The molecule has 0 saturated heterocycles. The molecule has 2 N–H and O–H groups in total. The minimum absolute atomic E-state index is 0.138. The summed E-state index contributed by atoms with van der Waals surface area (Å²) < 4.78 is 5.25. The molecule has 0 amide bonds. The van der Waals surface area contributed by atoms with Crippen LogP contribution in [0.3, 0.4) is 0 Å². The molecular formula is C13H18N2O. The number of hydrogen-bond acceptors (Lipinski definition) is 3. The van der Waals surface area contributed by atoms with Gasteiger partial charge in [-0.3, -0.25) is 4.90 Å². The van der Waals surface area contributed by atoms with Gasteiger partial charge < -0.3 is 10.5 Å². The summed E-state index contributed by atoms with van der Waals surface area (Å²) in [5.74, 6) is 0.911. The van der Waals surface area contributed by atoms with Crippen LogP contribution in [0.1, 0.15) is 30.0 Å². The molecule has 3 rings (SSSR count). The van der Waals surface area contributed by atoms with Crippen molar-refractivity contribution >= 4 is 0 Å². The van der Waals surface area contributed by atoms with E-state index in [-0.39, 0.29) is 6.04 Å². The van der Waals surface area contributed by atoms with Crippen molar-refractivity contribution in [2.24, 2.45) is 5.73 Å². The quantitative estimate of drug-likeness (QED) is 0.820. The predicted octanol–water partition coefficient (Wildman–Crippen LogP) is 1.67. The number of rotatable bonds is 2. The van der Waals surface area contributed by atoms with Crippen molar-refractivity contribution in [2.45, 2.75) is 31.5 Å². The Bertz CT molecular complexity index is 401. The molecule has 1 aliphatic carbocycles. The fraction of sp³-hybridized carbons (Fsp3) is 0.538. The number of methoxy groups -OCH3 is 1. The van der Waals surface area contributed by atoms with Crippen molar-refractivity contribution < 1.29 is 4.74 Å². The van der Waals surface area contributed by atoms with Gasteiger partial charge in [-0.05, 0) is 36.1 Å². The molecular weight excluding hydrogens is 200 g/mol. The summed E-state index contributed by atoms with van der Waals surface area (Å²) in [5.41, 5.74) is 8.86. The molecule has 0 bridgehead atoms. The van der Waals surface area contributed by atoms with Gasteiger partial charge in [-0.15, -0.1) is 0 Å². The Balaban J connectivity index is 1.90. The van der Waals surface area contributed by atoms with Crippen LogP contribution in [-0.2, 0) is 6.54 Å². The van der Waals surface area contributed by atoms with Gasteiger partial charge in [0.05, 0.1) is 7.11 Å². The molecule has 1 unspecified atom stereocenters. The van der Waals surface area contributed by atoms with Crippen LogP contribution >= 0.6 is 0 Å². The van der Waals surface area contributed by atoms with E-state index in [1.54, 1.807) is 7.11 Å². The Morgan fingerprint density at radius 2 is 2.19 bits per heavy atom. The molecule has 1 aromatic rings. The summed E-state index contributed by atoms with van der Waals surface area (Å²) >= 11 is 0. The minimum atomic E-state index is 0.138. The summed E-state index contributed by atoms with van der Waals surface area (Å²) in [6, 6.07) is 7.20. The topological polar surface area (TPSA) is 38.5 Å². The zero-order chi connectivity index (χ0) is 11.1. The SMILES string of the molecule is COc1ccc2c(c1)C(N)CN(C1CC1)C2. The first-order valence-electron chi connectivity index (χ1n) is 5.94. The lowest BCUT2D eigenvalue weighted by Gasteiger charge is -2.33. The summed E-state index contributed by atoms with van der Waals surface area (Å²) in [6.45, 7) is 2.04. The highest BCUT2D eigenvalue weighted by molar-refractivity contribution is 5.39. The third kappa shape index (κ3) is 1.70. The Kier molecular flexibility index (Phi) is 2.37. The molecule has 1 aliphatic heterocycles. The maximum atomic E-state index is 6.23. The van der Waals surface area contributed by atoms with Crippen molar-refractivity contribution in [3.63, 3.8) is 0 Å². The number of fused-ring (bicyclic) bond motifs is 1. The Labute approximate surface area is 96.2 Å². The van der Waals surface area contributed by atoms with Crippen LogP contribution in [0.4, 0.5) is 0 Å². The third-order valence-electron chi connectivity index (χ3n) is 3.62. The van der Waals surface area contributed by atoms with E-state index < -0.39 is 0 Å². The van der Waals surface area contributed by atoms with Gasteiger partial charge in [-0.2, -0.15) is 0 Å². The first-order valence-corrected chi connectivity index (χ1v) is 5.94. The molecule has 3 heteroatoms. The van der Waals surface area contributed by atoms with Gasteiger partial charge in [-0.1, -0.05) is 6.07 Å². The molecule has 1 aromatic carbocycles. The fourth-order valence-corrected chi connectivity index (χ4v) is 2.54. The standard InChI is InChI=1S/C13H18N2O/c1-16-11-5-2-9-7-15(10-3-4-10)8-13(14)12(9)6-11/h2,5-6,10,13H,3-4,7-8,14H2,1H3. The highest BCUT2D eigenvalue weighted by Crippen LogP contribution is 2.35. The lowest BCUT2D eigenvalue weighted by atomic mass is 9.95. The molecule has 16 heavy (non-hydrogen) atoms. The van der Waals surface area contributed by atoms with E-state index in [1.807, 2.05) is 6.07 Å². The molecule has 3 nitrogen and oxygen atoms in total. The van der Waals surface area contributed by atoms with Gasteiger partial charge >= 0.3 is 0 Å². The van der Waals surface area contributed by atoms with Crippen LogP contribution in [0, 0.1) is 0 Å². The summed E-state index contributed by atoms with van der Waals surface area (Å²) in [6.07, 6.45) is 2.69. The van der Waals surface area contributed by atoms with Crippen LogP contribution in [-0.4, -0.2) is 24.6 Å². The third-order valence-corrected chi connectivity index (χ3v) is 3.62. The molecule has 2 aliphatic rings. The van der Waals surface area contributed by atoms with Crippen molar-refractivity contribution in [1.82, 2.24) is 4.90 Å². The monoisotopic (exact) mass is 218 g/mol. The summed E-state index contributed by atoms with van der Waals surface area (Å²) in [4.78, 5) is 2.51. The van der Waals surface area contributed by atoms with Crippen LogP contribution in [0.5, 0.6) is 5.75 Å². The Hall–Kier alpha value is -1.06. The summed E-state index contributed by atoms with van der Waals surface area (Å²) in [5, 5.41) is 0. The molecule has 0 radical (unpaired) electrons. The number of nitrogens with zero attached hydrogens (tertiary/aromatic N) is 1. The molecule has 0 spiro atoms. The first kappa shape index (κ1) is 10.1. The van der Waals surface area contributed by atoms with E-state index in [0.29, 0.717) is 0 Å². The zero-order valence-electron chi connectivity index (χ0n) is 9.65. The lowest BCUT2D eigenvalue weighted by Crippen LogP contribution is -2.38. The normalized spacial score (nSPS) is 25.2. The van der Waals surface area contributed by atoms with E-state index in [9.17, 15) is 0 Å². The van der Waals surface area contributed by atoms with E-state index in [2.05, 4.69) is 17.0 Å². The van der Waals surface area contributed by atoms with Crippen LogP contribution in [0.25, 0.3) is 0 Å². The summed E-state index contributed by atoms with van der Waals surface area (Å²) in [7, 11) is 1.70. The molecule has 1 atom stereocenters. The van der Waals surface area contributed by atoms with Crippen LogP contribution < -0.4 is 10.5 Å². The second-order valence-corrected chi connectivity index (χ2v) is 4.83. The molecule has 0 aromatic heterocycles. The molecule has 1 fully saturated rings. The zero-order valence-corrected chi connectivity index (χ0v) is 9.65. The van der Waals surface area contributed by atoms with Gasteiger partial charge in [0.2, 0.25) is 0 Å². The smallest absolute Gasteiger partial charge is 0.119 e. The largest absolute Gasteiger partial charge is 0.497 e. The number of benzene rings is 1. The van der Waals surface area contributed by atoms with Gasteiger partial charge in [-0.25, -0.2) is 0 Å². The van der Waals surface area contributed by atoms with Crippen LogP contribution in [0.15, 0.2) is 18.2 Å². The maximum Gasteiger partial charge on any atom is 0.119 e. The van der Waals surface area contributed by atoms with Gasteiger partial charge in [0.15, 0.2) is 0 Å². The second kappa shape index (κ2) is 3.75. The van der Waals surface area contributed by atoms with Crippen molar-refractivity contribution in [3.05, 3.63) is 29.3 Å². The average molecular weight is 218 g/mol. The van der Waals surface area contributed by atoms with E-state index in [4.69, 9.17) is 10.5 Å². The number of hydrogen-bond donors (Lipinski definition) is 1. The highest BCUT2D eigenvalue weighted by Gasteiger charge is 2.33. The number of ether oxygens (including phenoxy) is 1. The number of nitrogens with two attached hydrogens (primary N) is 1. The van der Waals surface area contributed by atoms with Gasteiger partial charge in [0.1, 0.15) is 5.75 Å². The van der Waals surface area contributed by atoms with Crippen molar-refractivity contribution in [2.75, 3.05) is 13.7 Å². The predicted molar refractivity (Wildman–Crippen MR) is 63.4 cm³/mol. The molecule has 1 heterocycles. The van der Waals surface area contributed by atoms with Crippen molar-refractivity contribution in [1.29, 1.82) is 0 Å². The first-order chi connectivity index (χ1) is 7.78. The second-order valence-electron chi connectivity index (χ2n) is 4.83. The Morgan fingerprint density at radius 1 is 1.38 bits per heavy atom. The van der Waals surface area contributed by atoms with E-state index in [0.717, 1.165) is 24.9 Å². The van der Waals surface area contributed by atoms with Crippen LogP contribution in [0.2, 0.25) is 0 Å². The Morgan fingerprint density at radius 3 is 2.88 bits per heavy atom.